The summed E-state index contributed by atoms with van der Waals surface area (Å²) in [5.74, 6) is -1.97. The van der Waals surface area contributed by atoms with Crippen molar-refractivity contribution in [1.29, 1.82) is 0 Å². The number of aromatic carboxylic acids is 1. The number of carboxylic acids is 2. The van der Waals surface area contributed by atoms with Gasteiger partial charge in [-0.2, -0.15) is 0 Å². The highest BCUT2D eigenvalue weighted by Gasteiger charge is 2.25. The second-order valence-electron chi connectivity index (χ2n) is 5.89. The lowest BCUT2D eigenvalue weighted by molar-refractivity contribution is -0.143. The Hall–Kier alpha value is -2.25. The van der Waals surface area contributed by atoms with Crippen molar-refractivity contribution in [3.05, 3.63) is 40.9 Å². The summed E-state index contributed by atoms with van der Waals surface area (Å²) in [6, 6.07) is 7.83. The fourth-order valence-corrected chi connectivity index (χ4v) is 3.80. The van der Waals surface area contributed by atoms with Crippen molar-refractivity contribution in [3.8, 4) is 10.6 Å². The molecule has 126 valence electrons. The third kappa shape index (κ3) is 3.63. The minimum atomic E-state index is -1.02. The summed E-state index contributed by atoms with van der Waals surface area (Å²) in [5, 5.41) is 20.4. The van der Waals surface area contributed by atoms with E-state index in [9.17, 15) is 9.59 Å². The molecule has 2 heterocycles. The third-order valence-corrected chi connectivity index (χ3v) is 5.18. The molecule has 1 aromatic carbocycles. The third-order valence-electron chi connectivity index (χ3n) is 4.30. The lowest BCUT2D eigenvalue weighted by Crippen LogP contribution is -2.35. The van der Waals surface area contributed by atoms with Gasteiger partial charge in [0.2, 0.25) is 0 Å². The molecule has 0 radical (unpaired) electrons. The SMILES string of the molecule is O=C(O)c1csc(-c2ccccc2CN2CCC(C(=O)O)CC2)n1. The second-order valence-corrected chi connectivity index (χ2v) is 6.75. The maximum Gasteiger partial charge on any atom is 0.355 e. The number of piperidine rings is 1. The molecule has 0 saturated carbocycles. The zero-order valence-electron chi connectivity index (χ0n) is 13.0. The average molecular weight is 346 g/mol. The maximum absolute atomic E-state index is 11.0. The molecule has 0 spiro atoms. The zero-order chi connectivity index (χ0) is 17.1. The molecule has 0 aliphatic carbocycles. The molecule has 0 bridgehead atoms. The Morgan fingerprint density at radius 2 is 1.92 bits per heavy atom. The largest absolute Gasteiger partial charge is 0.481 e. The number of carboxylic acid groups (broad SMARTS) is 2. The minimum absolute atomic E-state index is 0.0621. The smallest absolute Gasteiger partial charge is 0.355 e. The molecule has 1 aliphatic heterocycles. The molecular weight excluding hydrogens is 328 g/mol. The van der Waals surface area contributed by atoms with Crippen molar-refractivity contribution >= 4 is 23.3 Å². The Bertz CT molecular complexity index is 751. The van der Waals surface area contributed by atoms with Crippen molar-refractivity contribution < 1.29 is 19.8 Å². The second kappa shape index (κ2) is 7.11. The van der Waals surface area contributed by atoms with Crippen LogP contribution in [0.25, 0.3) is 10.6 Å². The fraction of sp³-hybridized carbons (Fsp3) is 0.353. The normalized spacial score (nSPS) is 16.2. The molecule has 1 fully saturated rings. The van der Waals surface area contributed by atoms with E-state index in [0.29, 0.717) is 24.4 Å². The van der Waals surface area contributed by atoms with Crippen LogP contribution in [0, 0.1) is 5.92 Å². The number of likely N-dealkylation sites (tertiary alicyclic amines) is 1. The number of benzene rings is 1. The Labute approximate surface area is 143 Å². The van der Waals surface area contributed by atoms with Gasteiger partial charge in [-0.3, -0.25) is 9.69 Å². The van der Waals surface area contributed by atoms with Crippen LogP contribution < -0.4 is 0 Å². The van der Waals surface area contributed by atoms with Gasteiger partial charge in [0, 0.05) is 17.5 Å². The van der Waals surface area contributed by atoms with E-state index >= 15 is 0 Å². The number of aliphatic carboxylic acids is 1. The summed E-state index contributed by atoms with van der Waals surface area (Å²) < 4.78 is 0. The molecule has 24 heavy (non-hydrogen) atoms. The number of aromatic nitrogens is 1. The van der Waals surface area contributed by atoms with Gasteiger partial charge in [-0.1, -0.05) is 24.3 Å². The predicted octanol–water partition coefficient (Wildman–Crippen LogP) is 2.80. The number of carbonyl (C=O) groups is 2. The van der Waals surface area contributed by atoms with Crippen LogP contribution >= 0.6 is 11.3 Å². The number of hydrogen-bond acceptors (Lipinski definition) is 5. The van der Waals surface area contributed by atoms with E-state index in [2.05, 4.69) is 9.88 Å². The highest BCUT2D eigenvalue weighted by Crippen LogP contribution is 2.29. The van der Waals surface area contributed by atoms with Crippen LogP contribution in [0.1, 0.15) is 28.9 Å². The fourth-order valence-electron chi connectivity index (χ4n) is 2.94. The average Bonchev–Trinajstić information content (AvgIpc) is 3.06. The van der Waals surface area contributed by atoms with Gasteiger partial charge < -0.3 is 10.2 Å². The van der Waals surface area contributed by atoms with E-state index in [4.69, 9.17) is 10.2 Å². The van der Waals surface area contributed by atoms with Gasteiger partial charge in [-0.25, -0.2) is 9.78 Å². The van der Waals surface area contributed by atoms with Crippen LogP contribution in [-0.4, -0.2) is 45.1 Å². The monoisotopic (exact) mass is 346 g/mol. The van der Waals surface area contributed by atoms with Crippen LogP contribution in [0.5, 0.6) is 0 Å². The molecule has 1 saturated heterocycles. The summed E-state index contributed by atoms with van der Waals surface area (Å²) in [4.78, 5) is 28.5. The van der Waals surface area contributed by atoms with Crippen LogP contribution in [-0.2, 0) is 11.3 Å². The topological polar surface area (TPSA) is 90.7 Å². The standard InChI is InChI=1S/C17H18N2O4S/c20-16(21)11-5-7-19(8-6-11)9-12-3-1-2-4-13(12)15-18-14(10-24-15)17(22)23/h1-4,10-11H,5-9H2,(H,20,21)(H,22,23). The van der Waals surface area contributed by atoms with Crippen LogP contribution in [0.3, 0.4) is 0 Å². The quantitative estimate of drug-likeness (QED) is 0.865. The van der Waals surface area contributed by atoms with Gasteiger partial charge >= 0.3 is 11.9 Å². The van der Waals surface area contributed by atoms with Gasteiger partial charge in [0.1, 0.15) is 5.01 Å². The Morgan fingerprint density at radius 1 is 1.21 bits per heavy atom. The van der Waals surface area contributed by atoms with E-state index in [1.54, 1.807) is 5.38 Å². The molecule has 2 N–H and O–H groups in total. The summed E-state index contributed by atoms with van der Waals surface area (Å²) in [5.41, 5.74) is 2.08. The number of nitrogens with zero attached hydrogens (tertiary/aromatic N) is 2. The number of rotatable bonds is 5. The Balaban J connectivity index is 1.75. The molecule has 7 heteroatoms. The van der Waals surface area contributed by atoms with E-state index in [-0.39, 0.29) is 11.6 Å². The van der Waals surface area contributed by atoms with E-state index in [0.717, 1.165) is 24.2 Å². The summed E-state index contributed by atoms with van der Waals surface area (Å²) in [7, 11) is 0. The van der Waals surface area contributed by atoms with Gasteiger partial charge in [0.25, 0.3) is 0 Å². The highest BCUT2D eigenvalue weighted by atomic mass is 32.1. The first-order valence-electron chi connectivity index (χ1n) is 7.77. The summed E-state index contributed by atoms with van der Waals surface area (Å²) >= 11 is 1.32. The van der Waals surface area contributed by atoms with Crippen LogP contribution in [0.15, 0.2) is 29.6 Å². The first-order valence-corrected chi connectivity index (χ1v) is 8.65. The lowest BCUT2D eigenvalue weighted by atomic mass is 9.96. The molecular formula is C17H18N2O4S. The van der Waals surface area contributed by atoms with E-state index in [1.807, 2.05) is 24.3 Å². The maximum atomic E-state index is 11.0. The summed E-state index contributed by atoms with van der Waals surface area (Å²) in [6.45, 7) is 2.22. The van der Waals surface area contributed by atoms with Gasteiger partial charge in [-0.05, 0) is 31.5 Å². The molecule has 1 aromatic heterocycles. The van der Waals surface area contributed by atoms with E-state index in [1.165, 1.54) is 11.3 Å². The van der Waals surface area contributed by atoms with Crippen LogP contribution in [0.2, 0.25) is 0 Å². The molecule has 3 rings (SSSR count). The van der Waals surface area contributed by atoms with Crippen LogP contribution in [0.4, 0.5) is 0 Å². The van der Waals surface area contributed by atoms with Crippen molar-refractivity contribution in [2.75, 3.05) is 13.1 Å². The van der Waals surface area contributed by atoms with Crippen molar-refractivity contribution in [3.63, 3.8) is 0 Å². The summed E-state index contributed by atoms with van der Waals surface area (Å²) in [6.07, 6.45) is 1.33. The highest BCUT2D eigenvalue weighted by molar-refractivity contribution is 7.13. The molecule has 1 aliphatic rings. The lowest BCUT2D eigenvalue weighted by Gasteiger charge is -2.30. The number of thiazole rings is 1. The van der Waals surface area contributed by atoms with Gasteiger partial charge in [0.15, 0.2) is 5.69 Å². The Kier molecular flexibility index (Phi) is 4.92. The predicted molar refractivity (Wildman–Crippen MR) is 90.1 cm³/mol. The first-order chi connectivity index (χ1) is 11.5. The van der Waals surface area contributed by atoms with Gasteiger partial charge in [0.05, 0.1) is 5.92 Å². The molecule has 0 unspecified atom stereocenters. The van der Waals surface area contributed by atoms with Gasteiger partial charge in [-0.15, -0.1) is 11.3 Å². The number of hydrogen-bond donors (Lipinski definition) is 2. The molecule has 6 nitrogen and oxygen atoms in total. The van der Waals surface area contributed by atoms with E-state index < -0.39 is 11.9 Å². The Morgan fingerprint density at radius 3 is 2.54 bits per heavy atom. The molecule has 0 amide bonds. The van der Waals surface area contributed by atoms with Crippen molar-refractivity contribution in [1.82, 2.24) is 9.88 Å². The minimum Gasteiger partial charge on any atom is -0.481 e. The van der Waals surface area contributed by atoms with Crippen molar-refractivity contribution in [2.45, 2.75) is 19.4 Å². The van der Waals surface area contributed by atoms with Crippen molar-refractivity contribution in [2.24, 2.45) is 5.92 Å². The first kappa shape index (κ1) is 16.6. The zero-order valence-corrected chi connectivity index (χ0v) is 13.8. The molecule has 2 aromatic rings. The molecule has 0 atom stereocenters.